The quantitative estimate of drug-likeness (QED) is 0.203. The minimum atomic E-state index is -3.67. The highest BCUT2D eigenvalue weighted by atomic mass is 32.2. The molecule has 12 nitrogen and oxygen atoms in total. The Kier molecular flexibility index (Phi) is 8.84. The molecule has 14 heteroatoms. The lowest BCUT2D eigenvalue weighted by Crippen LogP contribution is -2.31. The molecule has 6 rings (SSSR count). The molecule has 46 heavy (non-hydrogen) atoms. The molecule has 0 aliphatic rings. The number of para-hydroxylation sites is 1. The van der Waals surface area contributed by atoms with Crippen LogP contribution in [0.4, 0.5) is 10.1 Å². The van der Waals surface area contributed by atoms with Gasteiger partial charge in [-0.1, -0.05) is 18.2 Å². The van der Waals surface area contributed by atoms with Crippen LogP contribution in [0.3, 0.4) is 0 Å². The SMILES string of the molecule is CS(=O)(=O)O.Cc1cc(C)n(-c2ccccc2)c(=O)c1C(=O)Nc1ccc(Oc2cc3cnn(C)c3cc2-c2cn[nH]c2)c(F)c1. The second-order valence-corrected chi connectivity index (χ2v) is 11.9. The van der Waals surface area contributed by atoms with Gasteiger partial charge in [-0.15, -0.1) is 0 Å². The highest BCUT2D eigenvalue weighted by molar-refractivity contribution is 7.85. The number of carbonyl (C=O) groups excluding carboxylic acids is 1. The van der Waals surface area contributed by atoms with Crippen molar-refractivity contribution in [3.05, 3.63) is 118 Å². The zero-order valence-corrected chi connectivity index (χ0v) is 26.0. The molecule has 0 saturated heterocycles. The zero-order valence-electron chi connectivity index (χ0n) is 25.1. The Morgan fingerprint density at radius 3 is 2.39 bits per heavy atom. The predicted octanol–water partition coefficient (Wildman–Crippen LogP) is 5.42. The molecule has 0 unspecified atom stereocenters. The van der Waals surface area contributed by atoms with Gasteiger partial charge in [-0.2, -0.15) is 18.6 Å². The lowest BCUT2D eigenvalue weighted by molar-refractivity contribution is 0.102. The van der Waals surface area contributed by atoms with E-state index in [1.54, 1.807) is 61.4 Å². The van der Waals surface area contributed by atoms with Gasteiger partial charge in [0.05, 0.1) is 24.2 Å². The first-order chi connectivity index (χ1) is 21.8. The van der Waals surface area contributed by atoms with E-state index in [-0.39, 0.29) is 17.0 Å². The van der Waals surface area contributed by atoms with Crippen LogP contribution in [0.1, 0.15) is 21.6 Å². The van der Waals surface area contributed by atoms with Crippen molar-refractivity contribution >= 4 is 32.6 Å². The lowest BCUT2D eigenvalue weighted by atomic mass is 10.1. The number of H-pyrrole nitrogens is 1. The van der Waals surface area contributed by atoms with Crippen molar-refractivity contribution in [2.45, 2.75) is 13.8 Å². The second-order valence-electron chi connectivity index (χ2n) is 10.4. The van der Waals surface area contributed by atoms with E-state index in [4.69, 9.17) is 9.29 Å². The van der Waals surface area contributed by atoms with Crippen LogP contribution >= 0.6 is 0 Å². The molecule has 0 saturated carbocycles. The Labute approximate surface area is 262 Å². The molecule has 0 fully saturated rings. The number of rotatable bonds is 6. The molecule has 0 bridgehead atoms. The Hall–Kier alpha value is -5.60. The van der Waals surface area contributed by atoms with Crippen LogP contribution < -0.4 is 15.6 Å². The molecule has 236 valence electrons. The summed E-state index contributed by atoms with van der Waals surface area (Å²) in [6, 6.07) is 18.7. The van der Waals surface area contributed by atoms with Crippen molar-refractivity contribution in [3.8, 4) is 28.3 Å². The largest absolute Gasteiger partial charge is 0.454 e. The third kappa shape index (κ3) is 7.03. The summed E-state index contributed by atoms with van der Waals surface area (Å²) in [5.74, 6) is -0.933. The van der Waals surface area contributed by atoms with Crippen LogP contribution in [0.2, 0.25) is 0 Å². The summed E-state index contributed by atoms with van der Waals surface area (Å²) in [4.78, 5) is 26.6. The van der Waals surface area contributed by atoms with E-state index in [0.717, 1.165) is 22.5 Å². The molecule has 3 N–H and O–H groups in total. The number of pyridine rings is 1. The average molecular weight is 645 g/mol. The minimum Gasteiger partial charge on any atom is -0.454 e. The summed E-state index contributed by atoms with van der Waals surface area (Å²) in [6.07, 6.45) is 5.79. The maximum atomic E-state index is 15.3. The van der Waals surface area contributed by atoms with Gasteiger partial charge in [0.15, 0.2) is 11.6 Å². The number of aryl methyl sites for hydroxylation is 3. The number of aromatic nitrogens is 5. The third-order valence-corrected chi connectivity index (χ3v) is 6.90. The summed E-state index contributed by atoms with van der Waals surface area (Å²) in [7, 11) is -1.83. The highest BCUT2D eigenvalue weighted by Crippen LogP contribution is 2.37. The molecular weight excluding hydrogens is 615 g/mol. The van der Waals surface area contributed by atoms with E-state index >= 15 is 4.39 Å². The number of nitrogens with zero attached hydrogens (tertiary/aromatic N) is 4. The first kappa shape index (κ1) is 31.8. The van der Waals surface area contributed by atoms with Gasteiger partial charge in [0.2, 0.25) is 0 Å². The van der Waals surface area contributed by atoms with E-state index in [1.165, 1.54) is 16.7 Å². The number of halogens is 1. The minimum absolute atomic E-state index is 0.0188. The number of nitrogens with one attached hydrogen (secondary N) is 2. The highest BCUT2D eigenvalue weighted by Gasteiger charge is 2.20. The Morgan fingerprint density at radius 1 is 1.02 bits per heavy atom. The summed E-state index contributed by atoms with van der Waals surface area (Å²) in [6.45, 7) is 3.51. The van der Waals surface area contributed by atoms with Crippen LogP contribution in [0.25, 0.3) is 27.7 Å². The number of benzene rings is 3. The van der Waals surface area contributed by atoms with E-state index < -0.39 is 27.4 Å². The first-order valence-corrected chi connectivity index (χ1v) is 15.6. The van der Waals surface area contributed by atoms with Gasteiger partial charge in [0.25, 0.3) is 21.6 Å². The first-order valence-electron chi connectivity index (χ1n) is 13.7. The number of aromatic amines is 1. The van der Waals surface area contributed by atoms with Crippen molar-refractivity contribution in [1.29, 1.82) is 0 Å². The molecule has 0 radical (unpaired) electrons. The molecule has 1 amide bonds. The molecule has 6 aromatic rings. The van der Waals surface area contributed by atoms with Gasteiger partial charge in [0, 0.05) is 52.9 Å². The Balaban J connectivity index is 0.000000775. The van der Waals surface area contributed by atoms with Gasteiger partial charge in [-0.3, -0.25) is 28.5 Å². The van der Waals surface area contributed by atoms with Gasteiger partial charge in [-0.25, -0.2) is 4.39 Å². The van der Waals surface area contributed by atoms with E-state index in [2.05, 4.69) is 20.6 Å². The smallest absolute Gasteiger partial charge is 0.268 e. The van der Waals surface area contributed by atoms with Crippen LogP contribution in [-0.2, 0) is 17.2 Å². The standard InChI is InChI=1S/C31H25FN6O3.CH4O3S/c1-18-11-19(2)38(23-7-5-4-6-8-23)31(40)29(18)30(39)36-22-9-10-27(25(32)13-22)41-28-12-20-17-35-37(3)26(20)14-24(28)21-15-33-34-16-21;1-5(2,3)4/h4-17H,1-3H3,(H,33,34)(H,36,39);1H3,(H,2,3,4). The molecule has 3 heterocycles. The number of fused-ring (bicyclic) bond motifs is 1. The van der Waals surface area contributed by atoms with Gasteiger partial charge in [-0.05, 0) is 61.9 Å². The van der Waals surface area contributed by atoms with E-state index in [9.17, 15) is 18.0 Å². The fraction of sp³-hybridized carbons (Fsp3) is 0.125. The van der Waals surface area contributed by atoms with Crippen molar-refractivity contribution in [2.24, 2.45) is 7.05 Å². The second kappa shape index (κ2) is 12.8. The van der Waals surface area contributed by atoms with Crippen molar-refractivity contribution in [3.63, 3.8) is 0 Å². The van der Waals surface area contributed by atoms with Crippen LogP contribution in [-0.4, -0.2) is 49.7 Å². The van der Waals surface area contributed by atoms with Crippen molar-refractivity contribution in [2.75, 3.05) is 11.6 Å². The summed E-state index contributed by atoms with van der Waals surface area (Å²) in [5.41, 5.74) is 3.93. The number of ether oxygens (including phenoxy) is 1. The summed E-state index contributed by atoms with van der Waals surface area (Å²) >= 11 is 0. The zero-order chi connectivity index (χ0) is 33.2. The fourth-order valence-electron chi connectivity index (χ4n) is 4.93. The molecule has 0 aliphatic heterocycles. The molecule has 3 aromatic carbocycles. The Morgan fingerprint density at radius 2 is 1.74 bits per heavy atom. The average Bonchev–Trinajstić information content (AvgIpc) is 3.64. The van der Waals surface area contributed by atoms with Crippen molar-refractivity contribution < 1.29 is 26.9 Å². The van der Waals surface area contributed by atoms with Gasteiger partial charge in [0.1, 0.15) is 11.3 Å². The third-order valence-electron chi connectivity index (χ3n) is 6.90. The molecule has 3 aromatic heterocycles. The lowest BCUT2D eigenvalue weighted by Gasteiger charge is -2.15. The predicted molar refractivity (Wildman–Crippen MR) is 172 cm³/mol. The number of hydrogen-bond donors (Lipinski definition) is 3. The summed E-state index contributed by atoms with van der Waals surface area (Å²) < 4.78 is 50.4. The Bertz CT molecular complexity index is 2220. The summed E-state index contributed by atoms with van der Waals surface area (Å²) in [5, 5.41) is 14.6. The molecule has 0 atom stereocenters. The maximum absolute atomic E-state index is 15.3. The van der Waals surface area contributed by atoms with Gasteiger partial charge >= 0.3 is 0 Å². The number of carbonyl (C=O) groups is 1. The molecule has 0 spiro atoms. The van der Waals surface area contributed by atoms with Crippen molar-refractivity contribution in [1.82, 2.24) is 24.5 Å². The van der Waals surface area contributed by atoms with Crippen LogP contribution in [0, 0.1) is 19.7 Å². The van der Waals surface area contributed by atoms with Crippen LogP contribution in [0.5, 0.6) is 11.5 Å². The van der Waals surface area contributed by atoms with Crippen LogP contribution in [0.15, 0.2) is 90.1 Å². The molecule has 0 aliphatic carbocycles. The monoisotopic (exact) mass is 644 g/mol. The maximum Gasteiger partial charge on any atom is 0.268 e. The van der Waals surface area contributed by atoms with E-state index in [1.807, 2.05) is 31.3 Å². The normalized spacial score (nSPS) is 11.2. The molecular formula is C32H29FN6O6S. The van der Waals surface area contributed by atoms with E-state index in [0.29, 0.717) is 34.5 Å². The topological polar surface area (TPSA) is 161 Å². The number of anilines is 1. The fourth-order valence-corrected chi connectivity index (χ4v) is 4.93. The van der Waals surface area contributed by atoms with Gasteiger partial charge < -0.3 is 10.1 Å². The number of hydrogen-bond acceptors (Lipinski definition) is 7. The number of amides is 1.